The predicted molar refractivity (Wildman–Crippen MR) is 86.4 cm³/mol. The molecule has 2 atom stereocenters. The summed E-state index contributed by atoms with van der Waals surface area (Å²) >= 11 is 0. The first kappa shape index (κ1) is 15.8. The van der Waals surface area contributed by atoms with Gasteiger partial charge in [-0.05, 0) is 52.1 Å². The van der Waals surface area contributed by atoms with Gasteiger partial charge in [0.05, 0.1) is 18.3 Å². The maximum Gasteiger partial charge on any atom is 0.179 e. The van der Waals surface area contributed by atoms with E-state index in [0.717, 1.165) is 42.9 Å². The van der Waals surface area contributed by atoms with Gasteiger partial charge in [0.25, 0.3) is 0 Å². The number of carbonyl (C=O) groups is 1. The van der Waals surface area contributed by atoms with Crippen LogP contribution in [0.25, 0.3) is 0 Å². The van der Waals surface area contributed by atoms with Gasteiger partial charge in [0.1, 0.15) is 11.9 Å². The van der Waals surface area contributed by atoms with E-state index in [-0.39, 0.29) is 17.9 Å². The molecule has 1 N–H and O–H groups in total. The van der Waals surface area contributed by atoms with Crippen molar-refractivity contribution in [3.05, 3.63) is 23.8 Å². The van der Waals surface area contributed by atoms with Gasteiger partial charge in [-0.15, -0.1) is 0 Å². The van der Waals surface area contributed by atoms with E-state index in [1.165, 1.54) is 0 Å². The topological polar surface area (TPSA) is 41.6 Å². The van der Waals surface area contributed by atoms with Crippen LogP contribution < -0.4 is 10.1 Å². The lowest BCUT2D eigenvalue weighted by Crippen LogP contribution is -2.36. The number of ether oxygens (including phenoxy) is 1. The van der Waals surface area contributed by atoms with Crippen molar-refractivity contribution in [3.63, 3.8) is 0 Å². The first-order valence-corrected chi connectivity index (χ1v) is 7.82. The molecule has 0 aromatic heterocycles. The fraction of sp³-hybridized carbons (Fsp3) is 0.588. The molecule has 1 heterocycles. The van der Waals surface area contributed by atoms with Crippen LogP contribution in [-0.2, 0) is 0 Å². The minimum absolute atomic E-state index is 0.0990. The van der Waals surface area contributed by atoms with E-state index in [9.17, 15) is 4.79 Å². The predicted octanol–water partition coefficient (Wildman–Crippen LogP) is 3.18. The van der Waals surface area contributed by atoms with Crippen molar-refractivity contribution in [2.24, 2.45) is 0 Å². The Morgan fingerprint density at radius 2 is 2.29 bits per heavy atom. The molecule has 4 nitrogen and oxygen atoms in total. The molecule has 116 valence electrons. The molecule has 1 aromatic carbocycles. The Labute approximate surface area is 127 Å². The highest BCUT2D eigenvalue weighted by molar-refractivity contribution is 6.01. The number of nitrogens with one attached hydrogen (secondary N) is 1. The van der Waals surface area contributed by atoms with Gasteiger partial charge in [0, 0.05) is 5.56 Å². The molecule has 0 spiro atoms. The van der Waals surface area contributed by atoms with Gasteiger partial charge in [0.2, 0.25) is 0 Å². The average molecular weight is 290 g/mol. The van der Waals surface area contributed by atoms with E-state index in [0.29, 0.717) is 0 Å². The summed E-state index contributed by atoms with van der Waals surface area (Å²) in [6, 6.07) is 5.57. The molecule has 2 rings (SSSR count). The van der Waals surface area contributed by atoms with Crippen molar-refractivity contribution in [1.29, 1.82) is 0 Å². The molecule has 0 saturated heterocycles. The third-order valence-electron chi connectivity index (χ3n) is 4.08. The number of hydrogen-bond acceptors (Lipinski definition) is 4. The van der Waals surface area contributed by atoms with Crippen molar-refractivity contribution in [3.8, 4) is 5.75 Å². The van der Waals surface area contributed by atoms with Crippen LogP contribution in [0.3, 0.4) is 0 Å². The Bertz CT molecular complexity index is 502. The van der Waals surface area contributed by atoms with Crippen molar-refractivity contribution in [2.45, 2.75) is 45.8 Å². The second kappa shape index (κ2) is 6.94. The number of carbonyl (C=O) groups excluding carboxylic acids is 1. The van der Waals surface area contributed by atoms with Crippen molar-refractivity contribution >= 4 is 11.5 Å². The monoisotopic (exact) mass is 290 g/mol. The lowest BCUT2D eigenvalue weighted by atomic mass is 10.0. The second-order valence-electron chi connectivity index (χ2n) is 5.89. The largest absolute Gasteiger partial charge is 0.487 e. The number of ketones is 1. The number of Topliss-reactive ketones (excluding diaryl/α,β-unsaturated/α-hetero) is 1. The Hall–Kier alpha value is -1.55. The lowest BCUT2D eigenvalue weighted by molar-refractivity contribution is 0.0867. The quantitative estimate of drug-likeness (QED) is 0.817. The average Bonchev–Trinajstić information content (AvgIpc) is 2.50. The molecule has 1 aromatic rings. The molecule has 0 bridgehead atoms. The highest BCUT2D eigenvalue weighted by atomic mass is 16.5. The smallest absolute Gasteiger partial charge is 0.179 e. The highest BCUT2D eigenvalue weighted by Gasteiger charge is 2.22. The van der Waals surface area contributed by atoms with E-state index in [1.54, 1.807) is 0 Å². The van der Waals surface area contributed by atoms with Gasteiger partial charge in [-0.1, -0.05) is 13.3 Å². The van der Waals surface area contributed by atoms with Crippen LogP contribution in [0.15, 0.2) is 18.2 Å². The van der Waals surface area contributed by atoms with Crippen LogP contribution in [0.5, 0.6) is 5.75 Å². The van der Waals surface area contributed by atoms with Crippen LogP contribution in [0, 0.1) is 0 Å². The van der Waals surface area contributed by atoms with Crippen LogP contribution >= 0.6 is 0 Å². The number of unbranched alkanes of at least 4 members (excludes halogenated alkanes) is 1. The summed E-state index contributed by atoms with van der Waals surface area (Å²) in [6.45, 7) is 7.89. The highest BCUT2D eigenvalue weighted by Crippen LogP contribution is 2.30. The molecule has 0 radical (unpaired) electrons. The Kier molecular flexibility index (Phi) is 5.23. The van der Waals surface area contributed by atoms with E-state index in [1.807, 2.05) is 39.1 Å². The molecule has 1 aliphatic rings. The molecular weight excluding hydrogens is 264 g/mol. The molecule has 2 unspecified atom stereocenters. The van der Waals surface area contributed by atoms with Gasteiger partial charge in [0.15, 0.2) is 5.78 Å². The number of likely N-dealkylation sites (N-methyl/N-ethyl adjacent to an activating group) is 1. The Balaban J connectivity index is 2.09. The van der Waals surface area contributed by atoms with Gasteiger partial charge in [-0.2, -0.15) is 0 Å². The minimum atomic E-state index is -0.0990. The first-order valence-electron chi connectivity index (χ1n) is 7.82. The fourth-order valence-electron chi connectivity index (χ4n) is 2.48. The van der Waals surface area contributed by atoms with E-state index >= 15 is 0 Å². The Morgan fingerprint density at radius 3 is 3.00 bits per heavy atom. The van der Waals surface area contributed by atoms with Gasteiger partial charge in [-0.3, -0.25) is 9.69 Å². The van der Waals surface area contributed by atoms with Gasteiger partial charge >= 0.3 is 0 Å². The summed E-state index contributed by atoms with van der Waals surface area (Å²) in [5, 5.41) is 3.32. The summed E-state index contributed by atoms with van der Waals surface area (Å²) in [6.07, 6.45) is 2.42. The minimum Gasteiger partial charge on any atom is -0.487 e. The van der Waals surface area contributed by atoms with Gasteiger partial charge in [-0.25, -0.2) is 0 Å². The number of rotatable bonds is 6. The summed E-state index contributed by atoms with van der Waals surface area (Å²) in [5.74, 6) is 0.995. The molecular formula is C17H26N2O2. The van der Waals surface area contributed by atoms with E-state index < -0.39 is 0 Å². The fourth-order valence-corrected chi connectivity index (χ4v) is 2.48. The number of nitrogens with zero attached hydrogens (tertiary/aromatic N) is 1. The molecule has 0 amide bonds. The SMILES string of the molecule is CCCCN(C)C(C)C(=O)c1ccc2c(c1)NCC(C)O2. The normalized spacial score (nSPS) is 18.6. The second-order valence-corrected chi connectivity index (χ2v) is 5.89. The molecule has 1 aliphatic heterocycles. The Morgan fingerprint density at radius 1 is 1.52 bits per heavy atom. The third kappa shape index (κ3) is 3.76. The zero-order chi connectivity index (χ0) is 15.4. The summed E-state index contributed by atoms with van der Waals surface area (Å²) in [4.78, 5) is 14.7. The summed E-state index contributed by atoms with van der Waals surface area (Å²) < 4.78 is 5.74. The molecule has 4 heteroatoms. The van der Waals surface area contributed by atoms with Crippen LogP contribution in [0.1, 0.15) is 44.0 Å². The van der Waals surface area contributed by atoms with Crippen LogP contribution in [0.2, 0.25) is 0 Å². The molecule has 21 heavy (non-hydrogen) atoms. The third-order valence-corrected chi connectivity index (χ3v) is 4.08. The standard InChI is InChI=1S/C17H26N2O2/c1-5-6-9-19(4)13(3)17(20)14-7-8-16-15(10-14)18-11-12(2)21-16/h7-8,10,12-13,18H,5-6,9,11H2,1-4H3. The van der Waals surface area contributed by atoms with E-state index in [4.69, 9.17) is 4.74 Å². The maximum atomic E-state index is 12.6. The zero-order valence-electron chi connectivity index (χ0n) is 13.5. The molecule has 0 fully saturated rings. The van der Waals surface area contributed by atoms with Crippen molar-refractivity contribution < 1.29 is 9.53 Å². The van der Waals surface area contributed by atoms with Crippen LogP contribution in [0.4, 0.5) is 5.69 Å². The van der Waals surface area contributed by atoms with Crippen molar-refractivity contribution in [2.75, 3.05) is 25.5 Å². The zero-order valence-corrected chi connectivity index (χ0v) is 13.5. The number of anilines is 1. The molecule has 0 aliphatic carbocycles. The van der Waals surface area contributed by atoms with E-state index in [2.05, 4.69) is 17.1 Å². The lowest BCUT2D eigenvalue weighted by Gasteiger charge is -2.26. The van der Waals surface area contributed by atoms with Gasteiger partial charge < -0.3 is 10.1 Å². The summed E-state index contributed by atoms with van der Waals surface area (Å²) in [7, 11) is 2.01. The first-order chi connectivity index (χ1) is 10.0. The van der Waals surface area contributed by atoms with Crippen molar-refractivity contribution in [1.82, 2.24) is 4.90 Å². The number of fused-ring (bicyclic) bond motifs is 1. The number of benzene rings is 1. The molecule has 0 saturated carbocycles. The number of hydrogen-bond donors (Lipinski definition) is 1. The maximum absolute atomic E-state index is 12.6. The van der Waals surface area contributed by atoms with Crippen LogP contribution in [-0.4, -0.2) is 43.0 Å². The summed E-state index contributed by atoms with van der Waals surface area (Å²) in [5.41, 5.74) is 1.66.